The number of ether oxygens (including phenoxy) is 1. The number of halogens is 2. The van der Waals surface area contributed by atoms with E-state index in [1.54, 1.807) is 0 Å². The summed E-state index contributed by atoms with van der Waals surface area (Å²) in [4.78, 5) is 10.0. The molecule has 19 heavy (non-hydrogen) atoms. The number of rotatable bonds is 6. The van der Waals surface area contributed by atoms with Crippen LogP contribution in [0.15, 0.2) is 29.2 Å². The van der Waals surface area contributed by atoms with Crippen molar-refractivity contribution in [3.8, 4) is 5.75 Å². The van der Waals surface area contributed by atoms with Gasteiger partial charge in [-0.3, -0.25) is 4.79 Å². The second-order valence-corrected chi connectivity index (χ2v) is 5.19. The summed E-state index contributed by atoms with van der Waals surface area (Å²) >= 11 is 0. The van der Waals surface area contributed by atoms with Crippen molar-refractivity contribution in [3.05, 3.63) is 24.3 Å². The fraction of sp³-hybridized carbons (Fsp3) is 0.300. The van der Waals surface area contributed by atoms with Gasteiger partial charge < -0.3 is 9.84 Å². The highest BCUT2D eigenvalue weighted by Crippen LogP contribution is 2.24. The Morgan fingerprint density at radius 2 is 1.95 bits per heavy atom. The maximum absolute atomic E-state index is 12.1. The number of benzene rings is 1. The van der Waals surface area contributed by atoms with Crippen LogP contribution >= 0.6 is 0 Å². The molecule has 0 unspecified atom stereocenters. The fourth-order valence-electron chi connectivity index (χ4n) is 1.21. The van der Waals surface area contributed by atoms with E-state index in [2.05, 4.69) is 4.74 Å². The second kappa shape index (κ2) is 5.93. The van der Waals surface area contributed by atoms with Crippen molar-refractivity contribution in [1.29, 1.82) is 0 Å². The largest absolute Gasteiger partial charge is 0.480 e. The van der Waals surface area contributed by atoms with Crippen molar-refractivity contribution in [1.82, 2.24) is 4.72 Å². The Morgan fingerprint density at radius 3 is 2.47 bits per heavy atom. The molecule has 1 aromatic carbocycles. The molecule has 0 fully saturated rings. The maximum atomic E-state index is 12.1. The lowest BCUT2D eigenvalue weighted by Gasteiger charge is -2.13. The summed E-state index contributed by atoms with van der Waals surface area (Å²) in [6.07, 6.45) is 0. The van der Waals surface area contributed by atoms with Crippen LogP contribution in [0.1, 0.15) is 6.92 Å². The fourth-order valence-corrected chi connectivity index (χ4v) is 2.54. The molecule has 1 aromatic rings. The van der Waals surface area contributed by atoms with Crippen LogP contribution in [0, 0.1) is 0 Å². The molecule has 1 atom stereocenters. The molecule has 0 saturated carbocycles. The van der Waals surface area contributed by atoms with Crippen LogP contribution < -0.4 is 9.46 Å². The van der Waals surface area contributed by atoms with Crippen molar-refractivity contribution in [2.45, 2.75) is 24.5 Å². The first-order valence-electron chi connectivity index (χ1n) is 5.03. The van der Waals surface area contributed by atoms with Gasteiger partial charge in [-0.1, -0.05) is 12.1 Å². The van der Waals surface area contributed by atoms with Gasteiger partial charge in [0.1, 0.15) is 16.7 Å². The number of carboxylic acid groups (broad SMARTS) is 1. The van der Waals surface area contributed by atoms with E-state index in [1.807, 2.05) is 4.72 Å². The Labute approximate surface area is 108 Å². The van der Waals surface area contributed by atoms with E-state index in [0.717, 1.165) is 19.1 Å². The van der Waals surface area contributed by atoms with Gasteiger partial charge >= 0.3 is 12.6 Å². The van der Waals surface area contributed by atoms with E-state index in [4.69, 9.17) is 5.11 Å². The molecule has 9 heteroatoms. The number of hydrogen-bond acceptors (Lipinski definition) is 4. The molecular formula is C10H11F2NO5S. The van der Waals surface area contributed by atoms with Gasteiger partial charge in [0.2, 0.25) is 10.0 Å². The first-order chi connectivity index (χ1) is 8.74. The topological polar surface area (TPSA) is 92.7 Å². The van der Waals surface area contributed by atoms with Gasteiger partial charge in [-0.15, -0.1) is 0 Å². The van der Waals surface area contributed by atoms with Crippen LogP contribution in [0.5, 0.6) is 5.75 Å². The molecule has 106 valence electrons. The lowest BCUT2D eigenvalue weighted by Crippen LogP contribution is -2.38. The molecule has 2 N–H and O–H groups in total. The van der Waals surface area contributed by atoms with Gasteiger partial charge in [-0.25, -0.2) is 8.42 Å². The third-order valence-electron chi connectivity index (χ3n) is 2.06. The van der Waals surface area contributed by atoms with Gasteiger partial charge in [-0.2, -0.15) is 13.5 Å². The number of carbonyl (C=O) groups is 1. The summed E-state index contributed by atoms with van der Waals surface area (Å²) < 4.78 is 53.9. The highest BCUT2D eigenvalue weighted by atomic mass is 32.2. The predicted octanol–water partition coefficient (Wildman–Crippen LogP) is 1.04. The average Bonchev–Trinajstić information content (AvgIpc) is 2.27. The summed E-state index contributed by atoms with van der Waals surface area (Å²) in [5, 5.41) is 8.63. The van der Waals surface area contributed by atoms with Crippen molar-refractivity contribution < 1.29 is 31.8 Å². The zero-order valence-corrected chi connectivity index (χ0v) is 10.5. The van der Waals surface area contributed by atoms with E-state index >= 15 is 0 Å². The standard InChI is InChI=1S/C10H11F2NO5S/c1-6(9(14)15)13-19(16,17)8-5-3-2-4-7(8)18-10(11)12/h2-6,10,13H,1H3,(H,14,15)/t6-/m1/s1. The Morgan fingerprint density at radius 1 is 1.37 bits per heavy atom. The van der Waals surface area contributed by atoms with Crippen LogP contribution in [0.25, 0.3) is 0 Å². The van der Waals surface area contributed by atoms with Gasteiger partial charge in [0, 0.05) is 0 Å². The predicted molar refractivity (Wildman–Crippen MR) is 60.5 cm³/mol. The molecule has 0 amide bonds. The Bertz CT molecular complexity index is 561. The molecule has 0 saturated heterocycles. The van der Waals surface area contributed by atoms with E-state index in [9.17, 15) is 22.0 Å². The third-order valence-corrected chi connectivity index (χ3v) is 3.64. The minimum Gasteiger partial charge on any atom is -0.480 e. The molecular weight excluding hydrogens is 284 g/mol. The van der Waals surface area contributed by atoms with Crippen molar-refractivity contribution in [2.75, 3.05) is 0 Å². The van der Waals surface area contributed by atoms with Crippen molar-refractivity contribution in [2.24, 2.45) is 0 Å². The number of hydrogen-bond donors (Lipinski definition) is 2. The average molecular weight is 295 g/mol. The zero-order valence-electron chi connectivity index (χ0n) is 9.71. The van der Waals surface area contributed by atoms with Crippen LogP contribution in [-0.2, 0) is 14.8 Å². The first-order valence-corrected chi connectivity index (χ1v) is 6.51. The van der Waals surface area contributed by atoms with Crippen LogP contribution in [0.2, 0.25) is 0 Å². The van der Waals surface area contributed by atoms with Crippen LogP contribution in [-0.4, -0.2) is 32.1 Å². The van der Waals surface area contributed by atoms with Gasteiger partial charge in [0.15, 0.2) is 0 Å². The number of carboxylic acids is 1. The summed E-state index contributed by atoms with van der Waals surface area (Å²) in [7, 11) is -4.27. The highest BCUT2D eigenvalue weighted by Gasteiger charge is 2.25. The smallest absolute Gasteiger partial charge is 0.387 e. The number of alkyl halides is 2. The lowest BCUT2D eigenvalue weighted by atomic mass is 10.3. The van der Waals surface area contributed by atoms with Crippen molar-refractivity contribution >= 4 is 16.0 Å². The molecule has 0 aliphatic carbocycles. The van der Waals surface area contributed by atoms with Gasteiger partial charge in [-0.05, 0) is 19.1 Å². The summed E-state index contributed by atoms with van der Waals surface area (Å²) in [5.74, 6) is -1.95. The Balaban J connectivity index is 3.11. The van der Waals surface area contributed by atoms with E-state index < -0.39 is 39.3 Å². The molecule has 6 nitrogen and oxygen atoms in total. The lowest BCUT2D eigenvalue weighted by molar-refractivity contribution is -0.138. The molecule has 0 aliphatic heterocycles. The molecule has 0 bridgehead atoms. The monoisotopic (exact) mass is 295 g/mol. The molecule has 0 heterocycles. The first kappa shape index (κ1) is 15.3. The Hall–Kier alpha value is -1.74. The minimum absolute atomic E-state index is 0.552. The van der Waals surface area contributed by atoms with E-state index in [0.29, 0.717) is 0 Å². The zero-order chi connectivity index (χ0) is 14.6. The number of nitrogens with one attached hydrogen (secondary N) is 1. The number of aliphatic carboxylic acids is 1. The summed E-state index contributed by atoms with van der Waals surface area (Å²) in [5.41, 5.74) is 0. The van der Waals surface area contributed by atoms with Crippen molar-refractivity contribution in [3.63, 3.8) is 0 Å². The number of para-hydroxylation sites is 1. The maximum Gasteiger partial charge on any atom is 0.387 e. The Kier molecular flexibility index (Phi) is 4.78. The van der Waals surface area contributed by atoms with E-state index in [-0.39, 0.29) is 0 Å². The number of sulfonamides is 1. The molecule has 0 spiro atoms. The molecule has 1 rings (SSSR count). The van der Waals surface area contributed by atoms with E-state index in [1.165, 1.54) is 12.1 Å². The summed E-state index contributed by atoms with van der Waals surface area (Å²) in [6.45, 7) is -2.08. The van der Waals surface area contributed by atoms with Crippen LogP contribution in [0.4, 0.5) is 8.78 Å². The minimum atomic E-state index is -4.27. The molecule has 0 aliphatic rings. The molecule has 0 radical (unpaired) electrons. The second-order valence-electron chi connectivity index (χ2n) is 3.51. The van der Waals surface area contributed by atoms with Gasteiger partial charge in [0.25, 0.3) is 0 Å². The third kappa shape index (κ3) is 4.14. The summed E-state index contributed by atoms with van der Waals surface area (Å²) in [6, 6.07) is 3.31. The highest BCUT2D eigenvalue weighted by molar-refractivity contribution is 7.89. The SMILES string of the molecule is C[C@@H](NS(=O)(=O)c1ccccc1OC(F)F)C(=O)O. The quantitative estimate of drug-likeness (QED) is 0.818. The van der Waals surface area contributed by atoms with Gasteiger partial charge in [0.05, 0.1) is 0 Å². The molecule has 0 aromatic heterocycles. The van der Waals surface area contributed by atoms with Crippen LogP contribution in [0.3, 0.4) is 0 Å². The normalized spacial score (nSPS) is 13.3.